The summed E-state index contributed by atoms with van der Waals surface area (Å²) in [5.41, 5.74) is 3.63. The van der Waals surface area contributed by atoms with Crippen molar-refractivity contribution in [3.63, 3.8) is 0 Å². The molecule has 0 saturated carbocycles. The van der Waals surface area contributed by atoms with Crippen molar-refractivity contribution in [3.8, 4) is 5.75 Å². The number of halogens is 1. The number of hydrogen-bond donors (Lipinski definition) is 1. The maximum absolute atomic E-state index is 5.85. The molecule has 4 heteroatoms. The average molecular weight is 336 g/mol. The van der Waals surface area contributed by atoms with E-state index in [1.165, 1.54) is 16.7 Å². The smallest absolute Gasteiger partial charge is 0.127 e. The third-order valence-corrected chi connectivity index (χ3v) is 4.25. The summed E-state index contributed by atoms with van der Waals surface area (Å²) in [5.74, 6) is 2.05. The minimum Gasteiger partial charge on any atom is -0.493 e. The van der Waals surface area contributed by atoms with Crippen molar-refractivity contribution in [2.24, 2.45) is 0 Å². The van der Waals surface area contributed by atoms with Crippen LogP contribution in [0.15, 0.2) is 33.4 Å². The van der Waals surface area contributed by atoms with E-state index in [1.807, 2.05) is 13.1 Å². The largest absolute Gasteiger partial charge is 0.493 e. The second-order valence-electron chi connectivity index (χ2n) is 4.96. The van der Waals surface area contributed by atoms with E-state index in [0.29, 0.717) is 0 Å². The summed E-state index contributed by atoms with van der Waals surface area (Å²) in [4.78, 5) is 0. The predicted molar refractivity (Wildman–Crippen MR) is 82.3 cm³/mol. The second-order valence-corrected chi connectivity index (χ2v) is 5.87. The van der Waals surface area contributed by atoms with Gasteiger partial charge in [0.25, 0.3) is 0 Å². The molecule has 1 aliphatic rings. The standard InChI is InChI=1S/C16H18BrNO2/c1-3-14-12(5-7-19-14)15(18-2)13-9-11(17)8-10-4-6-20-16(10)13/h5,7-9,15,18H,3-4,6H2,1-2H3. The van der Waals surface area contributed by atoms with Crippen LogP contribution in [0, 0.1) is 0 Å². The molecule has 2 heterocycles. The van der Waals surface area contributed by atoms with Crippen LogP contribution in [0.3, 0.4) is 0 Å². The Balaban J connectivity index is 2.11. The van der Waals surface area contributed by atoms with Crippen LogP contribution in [-0.4, -0.2) is 13.7 Å². The van der Waals surface area contributed by atoms with E-state index in [9.17, 15) is 0 Å². The first kappa shape index (κ1) is 13.7. The van der Waals surface area contributed by atoms with Crippen LogP contribution < -0.4 is 10.1 Å². The molecule has 0 aliphatic carbocycles. The van der Waals surface area contributed by atoms with Crippen LogP contribution in [0.25, 0.3) is 0 Å². The van der Waals surface area contributed by atoms with Gasteiger partial charge in [-0.3, -0.25) is 0 Å². The highest BCUT2D eigenvalue weighted by Gasteiger charge is 2.25. The first-order valence-corrected chi connectivity index (χ1v) is 7.72. The number of ether oxygens (including phenoxy) is 1. The van der Waals surface area contributed by atoms with Crippen LogP contribution in [-0.2, 0) is 12.8 Å². The summed E-state index contributed by atoms with van der Waals surface area (Å²) in [6.07, 6.45) is 3.62. The SMILES string of the molecule is CCc1occc1C(NC)c1cc(Br)cc2c1OCC2. The van der Waals surface area contributed by atoms with E-state index in [2.05, 4.69) is 40.3 Å². The van der Waals surface area contributed by atoms with Crippen molar-refractivity contribution in [2.75, 3.05) is 13.7 Å². The van der Waals surface area contributed by atoms with Gasteiger partial charge in [-0.15, -0.1) is 0 Å². The number of aryl methyl sites for hydroxylation is 1. The third-order valence-electron chi connectivity index (χ3n) is 3.79. The van der Waals surface area contributed by atoms with Crippen molar-refractivity contribution in [3.05, 3.63) is 51.4 Å². The zero-order valence-electron chi connectivity index (χ0n) is 11.7. The molecular formula is C16H18BrNO2. The molecule has 1 unspecified atom stereocenters. The molecular weight excluding hydrogens is 318 g/mol. The van der Waals surface area contributed by atoms with Gasteiger partial charge in [-0.05, 0) is 30.8 Å². The number of benzene rings is 1. The molecule has 20 heavy (non-hydrogen) atoms. The number of hydrogen-bond acceptors (Lipinski definition) is 3. The van der Waals surface area contributed by atoms with E-state index in [-0.39, 0.29) is 6.04 Å². The fraction of sp³-hybridized carbons (Fsp3) is 0.375. The molecule has 3 nitrogen and oxygen atoms in total. The van der Waals surface area contributed by atoms with Crippen LogP contribution >= 0.6 is 15.9 Å². The number of nitrogens with one attached hydrogen (secondary N) is 1. The zero-order valence-corrected chi connectivity index (χ0v) is 13.3. The van der Waals surface area contributed by atoms with Gasteiger partial charge < -0.3 is 14.5 Å². The fourth-order valence-electron chi connectivity index (χ4n) is 2.89. The van der Waals surface area contributed by atoms with Gasteiger partial charge in [0.1, 0.15) is 11.5 Å². The topological polar surface area (TPSA) is 34.4 Å². The van der Waals surface area contributed by atoms with Crippen molar-refractivity contribution in [2.45, 2.75) is 25.8 Å². The summed E-state index contributed by atoms with van der Waals surface area (Å²) in [6.45, 7) is 2.87. The lowest BCUT2D eigenvalue weighted by Gasteiger charge is -2.20. The van der Waals surface area contributed by atoms with Gasteiger partial charge in [-0.2, -0.15) is 0 Å². The molecule has 1 aromatic carbocycles. The van der Waals surface area contributed by atoms with Crippen LogP contribution in [0.5, 0.6) is 5.75 Å². The van der Waals surface area contributed by atoms with E-state index < -0.39 is 0 Å². The first-order chi connectivity index (χ1) is 9.74. The van der Waals surface area contributed by atoms with Gasteiger partial charge in [0, 0.05) is 28.4 Å². The molecule has 1 atom stereocenters. The van der Waals surface area contributed by atoms with E-state index in [0.717, 1.165) is 35.4 Å². The summed E-state index contributed by atoms with van der Waals surface area (Å²) >= 11 is 3.61. The lowest BCUT2D eigenvalue weighted by Crippen LogP contribution is -2.19. The van der Waals surface area contributed by atoms with Crippen molar-refractivity contribution in [1.29, 1.82) is 0 Å². The molecule has 0 saturated heterocycles. The molecule has 0 radical (unpaired) electrons. The van der Waals surface area contributed by atoms with Gasteiger partial charge in [0.2, 0.25) is 0 Å². The lowest BCUT2D eigenvalue weighted by atomic mass is 9.95. The number of fused-ring (bicyclic) bond motifs is 1. The average Bonchev–Trinajstić information content (AvgIpc) is 3.07. The Morgan fingerprint density at radius 2 is 2.20 bits per heavy atom. The molecule has 3 rings (SSSR count). The van der Waals surface area contributed by atoms with Crippen LogP contribution in [0.2, 0.25) is 0 Å². The summed E-state index contributed by atoms with van der Waals surface area (Å²) in [6, 6.07) is 6.42. The third kappa shape index (κ3) is 2.27. The quantitative estimate of drug-likeness (QED) is 0.921. The molecule has 0 amide bonds. The monoisotopic (exact) mass is 335 g/mol. The molecule has 2 aromatic rings. The van der Waals surface area contributed by atoms with Gasteiger partial charge in [0.15, 0.2) is 0 Å². The van der Waals surface area contributed by atoms with Gasteiger partial charge in [0.05, 0.1) is 18.9 Å². The summed E-state index contributed by atoms with van der Waals surface area (Å²) < 4.78 is 12.5. The van der Waals surface area contributed by atoms with E-state index >= 15 is 0 Å². The van der Waals surface area contributed by atoms with Crippen molar-refractivity contribution >= 4 is 15.9 Å². The summed E-state index contributed by atoms with van der Waals surface area (Å²) in [5, 5.41) is 3.39. The number of furan rings is 1. The first-order valence-electron chi connectivity index (χ1n) is 6.93. The molecule has 0 bridgehead atoms. The molecule has 0 spiro atoms. The Hall–Kier alpha value is -1.26. The Morgan fingerprint density at radius 3 is 2.95 bits per heavy atom. The highest BCUT2D eigenvalue weighted by molar-refractivity contribution is 9.10. The molecule has 106 valence electrons. The molecule has 1 aliphatic heterocycles. The normalized spacial score (nSPS) is 14.9. The number of rotatable bonds is 4. The van der Waals surface area contributed by atoms with Crippen LogP contribution in [0.1, 0.15) is 35.4 Å². The second kappa shape index (κ2) is 5.62. The molecule has 0 fully saturated rings. The van der Waals surface area contributed by atoms with Gasteiger partial charge in [-0.25, -0.2) is 0 Å². The lowest BCUT2D eigenvalue weighted by molar-refractivity contribution is 0.351. The van der Waals surface area contributed by atoms with Gasteiger partial charge in [-0.1, -0.05) is 22.9 Å². The minimum atomic E-state index is 0.0908. The van der Waals surface area contributed by atoms with E-state index in [1.54, 1.807) is 6.26 Å². The van der Waals surface area contributed by atoms with Crippen LogP contribution in [0.4, 0.5) is 0 Å². The maximum atomic E-state index is 5.85. The maximum Gasteiger partial charge on any atom is 0.127 e. The van der Waals surface area contributed by atoms with E-state index in [4.69, 9.17) is 9.15 Å². The highest BCUT2D eigenvalue weighted by atomic mass is 79.9. The predicted octanol–water partition coefficient (Wildman–Crippen LogP) is 3.85. The van der Waals surface area contributed by atoms with Gasteiger partial charge >= 0.3 is 0 Å². The highest BCUT2D eigenvalue weighted by Crippen LogP contribution is 2.39. The zero-order chi connectivity index (χ0) is 14.1. The minimum absolute atomic E-state index is 0.0908. The van der Waals surface area contributed by atoms with Crippen molar-refractivity contribution in [1.82, 2.24) is 5.32 Å². The molecule has 1 N–H and O–H groups in total. The Labute approximate surface area is 127 Å². The Bertz CT molecular complexity index is 621. The fourth-order valence-corrected chi connectivity index (χ4v) is 3.41. The Kier molecular flexibility index (Phi) is 3.85. The Morgan fingerprint density at radius 1 is 1.35 bits per heavy atom. The summed E-state index contributed by atoms with van der Waals surface area (Å²) in [7, 11) is 1.97. The molecule has 1 aromatic heterocycles. The van der Waals surface area contributed by atoms with Crippen molar-refractivity contribution < 1.29 is 9.15 Å².